The minimum atomic E-state index is -4.67. The molecule has 0 saturated carbocycles. The standard InChI is InChI=1S/C12H10F4N2S/c13-10-2-1-8(5-9(10)12(14,15)16)6-17-7-11-18-3-4-19-11/h1-5,17H,6-7H2. The second kappa shape index (κ2) is 5.66. The van der Waals surface area contributed by atoms with Crippen LogP contribution < -0.4 is 5.32 Å². The molecule has 0 fully saturated rings. The third-order valence-electron chi connectivity index (χ3n) is 2.42. The summed E-state index contributed by atoms with van der Waals surface area (Å²) in [6.45, 7) is 0.694. The maximum Gasteiger partial charge on any atom is 0.419 e. The molecule has 1 aromatic heterocycles. The fourth-order valence-electron chi connectivity index (χ4n) is 1.55. The Labute approximate surface area is 111 Å². The minimum Gasteiger partial charge on any atom is -0.306 e. The van der Waals surface area contributed by atoms with Gasteiger partial charge in [-0.05, 0) is 17.7 Å². The van der Waals surface area contributed by atoms with E-state index in [2.05, 4.69) is 10.3 Å². The van der Waals surface area contributed by atoms with Crippen molar-refractivity contribution in [1.29, 1.82) is 0 Å². The molecule has 102 valence electrons. The van der Waals surface area contributed by atoms with E-state index in [4.69, 9.17) is 0 Å². The van der Waals surface area contributed by atoms with Gasteiger partial charge in [-0.1, -0.05) is 6.07 Å². The second-order valence-corrected chi connectivity index (χ2v) is 4.82. The van der Waals surface area contributed by atoms with Crippen LogP contribution in [0.2, 0.25) is 0 Å². The number of nitrogens with one attached hydrogen (secondary N) is 1. The molecule has 0 radical (unpaired) electrons. The van der Waals surface area contributed by atoms with Crippen LogP contribution in [0.3, 0.4) is 0 Å². The van der Waals surface area contributed by atoms with Gasteiger partial charge in [-0.3, -0.25) is 0 Å². The van der Waals surface area contributed by atoms with E-state index in [9.17, 15) is 17.6 Å². The topological polar surface area (TPSA) is 24.9 Å². The maximum absolute atomic E-state index is 13.1. The van der Waals surface area contributed by atoms with Crippen LogP contribution in [0.15, 0.2) is 29.8 Å². The Kier molecular flexibility index (Phi) is 4.16. The number of benzene rings is 1. The molecule has 0 bridgehead atoms. The van der Waals surface area contributed by atoms with E-state index >= 15 is 0 Å². The number of halogens is 4. The Morgan fingerprint density at radius 2 is 2.00 bits per heavy atom. The molecule has 1 heterocycles. The molecule has 2 aromatic rings. The molecule has 2 rings (SSSR count). The van der Waals surface area contributed by atoms with Gasteiger partial charge in [-0.2, -0.15) is 13.2 Å². The van der Waals surface area contributed by atoms with Gasteiger partial charge in [-0.25, -0.2) is 9.37 Å². The van der Waals surface area contributed by atoms with E-state index in [1.807, 2.05) is 5.38 Å². The van der Waals surface area contributed by atoms with Crippen molar-refractivity contribution < 1.29 is 17.6 Å². The third kappa shape index (κ3) is 3.74. The first-order valence-electron chi connectivity index (χ1n) is 5.41. The van der Waals surface area contributed by atoms with Crippen molar-refractivity contribution in [2.75, 3.05) is 0 Å². The van der Waals surface area contributed by atoms with Gasteiger partial charge in [0.05, 0.1) is 5.56 Å². The third-order valence-corrected chi connectivity index (χ3v) is 3.20. The van der Waals surface area contributed by atoms with Crippen molar-refractivity contribution in [1.82, 2.24) is 10.3 Å². The fraction of sp³-hybridized carbons (Fsp3) is 0.250. The van der Waals surface area contributed by atoms with Crippen LogP contribution in [0.25, 0.3) is 0 Å². The quantitative estimate of drug-likeness (QED) is 0.870. The van der Waals surface area contributed by atoms with Crippen LogP contribution in [-0.4, -0.2) is 4.98 Å². The molecular formula is C12H10F4N2S. The molecular weight excluding hydrogens is 280 g/mol. The minimum absolute atomic E-state index is 0.225. The van der Waals surface area contributed by atoms with Gasteiger partial charge in [0.2, 0.25) is 0 Å². The normalized spacial score (nSPS) is 11.8. The maximum atomic E-state index is 13.1. The number of rotatable bonds is 4. The van der Waals surface area contributed by atoms with Crippen molar-refractivity contribution in [3.8, 4) is 0 Å². The lowest BCUT2D eigenvalue weighted by atomic mass is 10.1. The van der Waals surface area contributed by atoms with Crippen LogP contribution in [0.5, 0.6) is 0 Å². The lowest BCUT2D eigenvalue weighted by Crippen LogP contribution is -2.14. The SMILES string of the molecule is Fc1ccc(CNCc2nccs2)cc1C(F)(F)F. The van der Waals surface area contributed by atoms with Gasteiger partial charge in [0.15, 0.2) is 0 Å². The summed E-state index contributed by atoms with van der Waals surface area (Å²) in [6.07, 6.45) is -3.02. The predicted octanol–water partition coefficient (Wildman–Crippen LogP) is 3.59. The van der Waals surface area contributed by atoms with E-state index in [-0.39, 0.29) is 6.54 Å². The molecule has 1 aromatic carbocycles. The van der Waals surface area contributed by atoms with Gasteiger partial charge in [-0.15, -0.1) is 11.3 Å². The number of nitrogens with zero attached hydrogens (tertiary/aromatic N) is 1. The number of aromatic nitrogens is 1. The molecule has 0 aliphatic heterocycles. The predicted molar refractivity (Wildman–Crippen MR) is 64.1 cm³/mol. The summed E-state index contributed by atoms with van der Waals surface area (Å²) in [6, 6.07) is 2.99. The van der Waals surface area contributed by atoms with Crippen LogP contribution in [-0.2, 0) is 19.3 Å². The zero-order chi connectivity index (χ0) is 13.9. The van der Waals surface area contributed by atoms with E-state index in [0.717, 1.165) is 17.1 Å². The van der Waals surface area contributed by atoms with Crippen LogP contribution in [0, 0.1) is 5.82 Å². The highest BCUT2D eigenvalue weighted by molar-refractivity contribution is 7.09. The van der Waals surface area contributed by atoms with Crippen LogP contribution in [0.1, 0.15) is 16.1 Å². The summed E-state index contributed by atoms with van der Waals surface area (Å²) in [7, 11) is 0. The van der Waals surface area contributed by atoms with Crippen LogP contribution in [0.4, 0.5) is 17.6 Å². The largest absolute Gasteiger partial charge is 0.419 e. The molecule has 0 saturated heterocycles. The van der Waals surface area contributed by atoms with E-state index in [1.54, 1.807) is 6.20 Å². The van der Waals surface area contributed by atoms with Gasteiger partial charge >= 0.3 is 6.18 Å². The van der Waals surface area contributed by atoms with Gasteiger partial charge in [0.1, 0.15) is 10.8 Å². The summed E-state index contributed by atoms with van der Waals surface area (Å²) in [5.74, 6) is -1.25. The van der Waals surface area contributed by atoms with Crippen molar-refractivity contribution in [2.24, 2.45) is 0 Å². The summed E-state index contributed by atoms with van der Waals surface area (Å²) in [4.78, 5) is 4.03. The smallest absolute Gasteiger partial charge is 0.306 e. The summed E-state index contributed by atoms with van der Waals surface area (Å²) in [5.41, 5.74) is -0.855. The Morgan fingerprint density at radius 3 is 2.63 bits per heavy atom. The van der Waals surface area contributed by atoms with Gasteiger partial charge < -0.3 is 5.32 Å². The monoisotopic (exact) mass is 290 g/mol. The summed E-state index contributed by atoms with van der Waals surface area (Å²) < 4.78 is 50.6. The summed E-state index contributed by atoms with van der Waals surface area (Å²) >= 11 is 1.45. The average Bonchev–Trinajstić information content (AvgIpc) is 2.83. The van der Waals surface area contributed by atoms with E-state index in [1.165, 1.54) is 17.4 Å². The van der Waals surface area contributed by atoms with Gasteiger partial charge in [0, 0.05) is 24.7 Å². The first-order valence-corrected chi connectivity index (χ1v) is 6.29. The molecule has 0 amide bonds. The van der Waals surface area contributed by atoms with Crippen molar-refractivity contribution >= 4 is 11.3 Å². The first kappa shape index (κ1) is 14.0. The van der Waals surface area contributed by atoms with E-state index < -0.39 is 17.6 Å². The molecule has 0 spiro atoms. The molecule has 0 aliphatic rings. The molecule has 7 heteroatoms. The Hall–Kier alpha value is -1.47. The van der Waals surface area contributed by atoms with Crippen molar-refractivity contribution in [3.63, 3.8) is 0 Å². The molecule has 2 nitrogen and oxygen atoms in total. The molecule has 0 aliphatic carbocycles. The number of thiazole rings is 1. The second-order valence-electron chi connectivity index (χ2n) is 3.84. The highest BCUT2D eigenvalue weighted by Crippen LogP contribution is 2.31. The lowest BCUT2D eigenvalue weighted by Gasteiger charge is -2.10. The first-order chi connectivity index (χ1) is 8.97. The van der Waals surface area contributed by atoms with Crippen molar-refractivity contribution in [3.05, 3.63) is 51.7 Å². The van der Waals surface area contributed by atoms with E-state index in [0.29, 0.717) is 12.1 Å². The molecule has 1 N–H and O–H groups in total. The lowest BCUT2D eigenvalue weighted by molar-refractivity contribution is -0.140. The highest BCUT2D eigenvalue weighted by Gasteiger charge is 2.34. The number of hydrogen-bond donors (Lipinski definition) is 1. The van der Waals surface area contributed by atoms with Gasteiger partial charge in [0.25, 0.3) is 0 Å². The summed E-state index contributed by atoms with van der Waals surface area (Å²) in [5, 5.41) is 5.62. The average molecular weight is 290 g/mol. The molecule has 19 heavy (non-hydrogen) atoms. The van der Waals surface area contributed by atoms with Crippen LogP contribution >= 0.6 is 11.3 Å². The fourth-order valence-corrected chi connectivity index (χ4v) is 2.14. The zero-order valence-electron chi connectivity index (χ0n) is 9.67. The number of hydrogen-bond acceptors (Lipinski definition) is 3. The highest BCUT2D eigenvalue weighted by atomic mass is 32.1. The number of alkyl halides is 3. The Bertz CT molecular complexity index is 537. The zero-order valence-corrected chi connectivity index (χ0v) is 10.5. The Morgan fingerprint density at radius 1 is 1.21 bits per heavy atom. The van der Waals surface area contributed by atoms with Crippen molar-refractivity contribution in [2.45, 2.75) is 19.3 Å². The molecule has 0 atom stereocenters. The molecule has 0 unspecified atom stereocenters. The Balaban J connectivity index is 2.01.